The quantitative estimate of drug-likeness (QED) is 0.922. The Labute approximate surface area is 130 Å². The third-order valence-electron chi connectivity index (χ3n) is 5.98. The average molecular weight is 309 g/mol. The van der Waals surface area contributed by atoms with Crippen molar-refractivity contribution in [1.82, 2.24) is 0 Å². The first-order chi connectivity index (χ1) is 10.2. The predicted molar refractivity (Wildman–Crippen MR) is 80.8 cm³/mol. The molecule has 4 rings (SSSR count). The molecule has 0 heterocycles. The minimum Gasteiger partial charge on any atom is -0.493 e. The highest BCUT2D eigenvalue weighted by atomic mass is 35.5. The third-order valence-corrected chi connectivity index (χ3v) is 6.31. The SMILES string of the molecule is COc1cc(Cl)c(C(O)C2C3C4CCC(C4)C32)cc1OC. The molecular weight excluding hydrogens is 288 g/mol. The lowest BCUT2D eigenvalue weighted by Crippen LogP contribution is -2.09. The van der Waals surface area contributed by atoms with E-state index in [0.717, 1.165) is 29.2 Å². The normalized spacial score (nSPS) is 37.2. The van der Waals surface area contributed by atoms with Gasteiger partial charge in [0.2, 0.25) is 0 Å². The molecular formula is C17H21ClO3. The Hall–Kier alpha value is -0.930. The van der Waals surface area contributed by atoms with Gasteiger partial charge in [-0.3, -0.25) is 0 Å². The number of fused-ring (bicyclic) bond motifs is 5. The Morgan fingerprint density at radius 3 is 2.24 bits per heavy atom. The fourth-order valence-electron chi connectivity index (χ4n) is 5.12. The second-order valence-corrected chi connectivity index (χ2v) is 7.15. The molecule has 0 aliphatic heterocycles. The van der Waals surface area contributed by atoms with Gasteiger partial charge in [-0.05, 0) is 54.9 Å². The van der Waals surface area contributed by atoms with Crippen molar-refractivity contribution in [2.45, 2.75) is 25.4 Å². The number of ether oxygens (including phenoxy) is 2. The maximum Gasteiger partial charge on any atom is 0.162 e. The summed E-state index contributed by atoms with van der Waals surface area (Å²) in [6, 6.07) is 3.58. The number of aliphatic hydroxyl groups is 1. The zero-order valence-electron chi connectivity index (χ0n) is 12.4. The Morgan fingerprint density at radius 2 is 1.67 bits per heavy atom. The van der Waals surface area contributed by atoms with Crippen molar-refractivity contribution in [1.29, 1.82) is 0 Å². The molecule has 1 aromatic carbocycles. The highest BCUT2D eigenvalue weighted by Gasteiger charge is 2.66. The molecule has 5 unspecified atom stereocenters. The van der Waals surface area contributed by atoms with Gasteiger partial charge in [0.05, 0.1) is 25.3 Å². The summed E-state index contributed by atoms with van der Waals surface area (Å²) in [6.45, 7) is 0. The van der Waals surface area contributed by atoms with Gasteiger partial charge >= 0.3 is 0 Å². The maximum atomic E-state index is 10.8. The lowest BCUT2D eigenvalue weighted by Gasteiger charge is -2.18. The fourth-order valence-corrected chi connectivity index (χ4v) is 5.38. The minimum absolute atomic E-state index is 0.395. The van der Waals surface area contributed by atoms with Crippen molar-refractivity contribution >= 4 is 11.6 Å². The van der Waals surface area contributed by atoms with Crippen LogP contribution >= 0.6 is 11.6 Å². The Kier molecular flexibility index (Phi) is 3.13. The molecule has 5 atom stereocenters. The Bertz CT molecular complexity index is 557. The Balaban J connectivity index is 1.62. The van der Waals surface area contributed by atoms with Crippen LogP contribution in [0.4, 0.5) is 0 Å². The summed E-state index contributed by atoms with van der Waals surface area (Å²) in [5.74, 6) is 4.77. The molecule has 0 saturated heterocycles. The Morgan fingerprint density at radius 1 is 1.10 bits per heavy atom. The van der Waals surface area contributed by atoms with Crippen LogP contribution in [0.1, 0.15) is 30.9 Å². The largest absolute Gasteiger partial charge is 0.493 e. The topological polar surface area (TPSA) is 38.7 Å². The first kappa shape index (κ1) is 13.7. The molecule has 0 spiro atoms. The molecule has 1 N–H and O–H groups in total. The van der Waals surface area contributed by atoms with Crippen LogP contribution in [0.3, 0.4) is 0 Å². The summed E-state index contributed by atoms with van der Waals surface area (Å²) in [6.07, 6.45) is 3.62. The third kappa shape index (κ3) is 1.90. The van der Waals surface area contributed by atoms with Gasteiger partial charge in [-0.25, -0.2) is 0 Å². The van der Waals surface area contributed by atoms with Gasteiger partial charge in [0.1, 0.15) is 0 Å². The summed E-state index contributed by atoms with van der Waals surface area (Å²) in [5.41, 5.74) is 0.785. The van der Waals surface area contributed by atoms with Crippen LogP contribution in [0.5, 0.6) is 11.5 Å². The van der Waals surface area contributed by atoms with Crippen LogP contribution in [0, 0.1) is 29.6 Å². The van der Waals surface area contributed by atoms with E-state index in [1.54, 1.807) is 20.3 Å². The van der Waals surface area contributed by atoms with Gasteiger partial charge in [-0.15, -0.1) is 0 Å². The molecule has 2 bridgehead atoms. The van der Waals surface area contributed by atoms with Gasteiger partial charge in [0.25, 0.3) is 0 Å². The van der Waals surface area contributed by atoms with Crippen molar-refractivity contribution in [3.05, 3.63) is 22.7 Å². The lowest BCUT2D eigenvalue weighted by atomic mass is 9.94. The first-order valence-electron chi connectivity index (χ1n) is 7.75. The number of methoxy groups -OCH3 is 2. The molecule has 3 fully saturated rings. The standard InChI is InChI=1S/C17H21ClO3/c1-20-12-6-10(11(18)7-13(12)21-2)17(19)16-14-8-3-4-9(5-8)15(14)16/h6-9,14-17,19H,3-5H2,1-2H3. The summed E-state index contributed by atoms with van der Waals surface area (Å²) >= 11 is 6.35. The summed E-state index contributed by atoms with van der Waals surface area (Å²) in [4.78, 5) is 0. The van der Waals surface area contributed by atoms with Gasteiger partial charge in [-0.1, -0.05) is 11.6 Å². The van der Waals surface area contributed by atoms with Gasteiger partial charge < -0.3 is 14.6 Å². The number of halogens is 1. The van der Waals surface area contributed by atoms with Crippen molar-refractivity contribution in [2.24, 2.45) is 29.6 Å². The van der Waals surface area contributed by atoms with Crippen molar-refractivity contribution in [3.8, 4) is 11.5 Å². The highest BCUT2D eigenvalue weighted by molar-refractivity contribution is 6.31. The molecule has 0 aromatic heterocycles. The summed E-state index contributed by atoms with van der Waals surface area (Å²) < 4.78 is 10.6. The zero-order chi connectivity index (χ0) is 14.7. The van der Waals surface area contributed by atoms with E-state index in [9.17, 15) is 5.11 Å². The van der Waals surface area contributed by atoms with Crippen molar-refractivity contribution in [3.63, 3.8) is 0 Å². The van der Waals surface area contributed by atoms with E-state index in [4.69, 9.17) is 21.1 Å². The number of hydrogen-bond acceptors (Lipinski definition) is 3. The van der Waals surface area contributed by atoms with Gasteiger partial charge in [0, 0.05) is 11.6 Å². The molecule has 21 heavy (non-hydrogen) atoms. The van der Waals surface area contributed by atoms with E-state index in [2.05, 4.69) is 0 Å². The average Bonchev–Trinajstić information content (AvgIpc) is 2.93. The van der Waals surface area contributed by atoms with Gasteiger partial charge in [-0.2, -0.15) is 0 Å². The van der Waals surface area contributed by atoms with E-state index in [1.165, 1.54) is 19.3 Å². The smallest absolute Gasteiger partial charge is 0.162 e. The van der Waals surface area contributed by atoms with E-state index in [0.29, 0.717) is 22.4 Å². The second kappa shape index (κ2) is 4.79. The van der Waals surface area contributed by atoms with E-state index in [1.807, 2.05) is 6.07 Å². The predicted octanol–water partition coefficient (Wildman–Crippen LogP) is 3.68. The molecule has 0 radical (unpaired) electrons. The van der Waals surface area contributed by atoms with E-state index in [-0.39, 0.29) is 0 Å². The van der Waals surface area contributed by atoms with Crippen molar-refractivity contribution in [2.75, 3.05) is 14.2 Å². The second-order valence-electron chi connectivity index (χ2n) is 6.74. The molecule has 3 aliphatic carbocycles. The molecule has 3 aliphatic rings. The summed E-state index contributed by atoms with van der Waals surface area (Å²) in [5, 5.41) is 11.4. The molecule has 1 aromatic rings. The molecule has 114 valence electrons. The lowest BCUT2D eigenvalue weighted by molar-refractivity contribution is 0.129. The maximum absolute atomic E-state index is 10.8. The number of rotatable bonds is 4. The van der Waals surface area contributed by atoms with Gasteiger partial charge in [0.15, 0.2) is 11.5 Å². The van der Waals surface area contributed by atoms with Crippen LogP contribution in [0.15, 0.2) is 12.1 Å². The zero-order valence-corrected chi connectivity index (χ0v) is 13.1. The van der Waals surface area contributed by atoms with Crippen molar-refractivity contribution < 1.29 is 14.6 Å². The molecule has 3 nitrogen and oxygen atoms in total. The van der Waals surface area contributed by atoms with Crippen LogP contribution in [0.2, 0.25) is 5.02 Å². The summed E-state index contributed by atoms with van der Waals surface area (Å²) in [7, 11) is 3.20. The van der Waals surface area contributed by atoms with Crippen LogP contribution < -0.4 is 9.47 Å². The molecule has 0 amide bonds. The van der Waals surface area contributed by atoms with E-state index < -0.39 is 6.10 Å². The van der Waals surface area contributed by atoms with Crippen LogP contribution in [0.25, 0.3) is 0 Å². The minimum atomic E-state index is -0.476. The van der Waals surface area contributed by atoms with Crippen LogP contribution in [-0.4, -0.2) is 19.3 Å². The fraction of sp³-hybridized carbons (Fsp3) is 0.647. The monoisotopic (exact) mass is 308 g/mol. The number of hydrogen-bond donors (Lipinski definition) is 1. The van der Waals surface area contributed by atoms with E-state index >= 15 is 0 Å². The van der Waals surface area contributed by atoms with Crippen LogP contribution in [-0.2, 0) is 0 Å². The first-order valence-corrected chi connectivity index (χ1v) is 8.13. The number of benzene rings is 1. The number of aliphatic hydroxyl groups excluding tert-OH is 1. The molecule has 4 heteroatoms. The highest BCUT2D eigenvalue weighted by Crippen LogP contribution is 2.72. The molecule has 3 saturated carbocycles.